The first-order chi connectivity index (χ1) is 36.9. The van der Waals surface area contributed by atoms with Gasteiger partial charge < -0.3 is 14.9 Å². The molecule has 9 heteroatoms. The minimum Gasteiger partial charge on any atom is -0.645 e. The van der Waals surface area contributed by atoms with Crippen molar-refractivity contribution in [1.29, 1.82) is 0 Å². The summed E-state index contributed by atoms with van der Waals surface area (Å²) in [4.78, 5) is 5.03. The number of rotatable bonds is 9. The van der Waals surface area contributed by atoms with Crippen LogP contribution in [0.25, 0.3) is 50.1 Å². The average molecular weight is 1190 g/mol. The molecule has 7 nitrogen and oxygen atoms in total. The SMILES string of the molecule is CC(C)c1cccc(C(C)C)c1-c1ccc(-c2cc[c-]c(-n3cccn3)c2)cc1.Cc1cccc(C)c1B1N(C)c2cc(-c3c(C)cc(C4CCCCC4)cc3C)c[c-]c2C2[N-]CCN12.[Ir].[c-]1ccccc1-n1cccn1. The monoisotopic (exact) mass is 1190 g/mol. The number of nitrogens with zero attached hydrogens (tertiary/aromatic N) is 7. The number of aryl methyl sites for hydroxylation is 4. The topological polar surface area (TPSA) is 56.2 Å². The molecule has 7 aromatic carbocycles. The zero-order valence-corrected chi connectivity index (χ0v) is 48.8. The Bertz CT molecular complexity index is 3290. The molecule has 2 aliphatic heterocycles. The predicted molar refractivity (Wildman–Crippen MR) is 317 cm³/mol. The third-order valence-corrected chi connectivity index (χ3v) is 15.8. The Balaban J connectivity index is 0.000000157. The molecular weight excluding hydrogens is 1120 g/mol. The van der Waals surface area contributed by atoms with Crippen molar-refractivity contribution in [2.75, 3.05) is 24.9 Å². The maximum atomic E-state index is 5.04. The fraction of sp³-hybridized carbons (Fsp3) is 0.294. The van der Waals surface area contributed by atoms with Gasteiger partial charge in [0.05, 0.1) is 0 Å². The number of anilines is 1. The summed E-state index contributed by atoms with van der Waals surface area (Å²) < 4.78 is 3.62. The first kappa shape index (κ1) is 55.2. The van der Waals surface area contributed by atoms with Gasteiger partial charge in [0.1, 0.15) is 0 Å². The van der Waals surface area contributed by atoms with Crippen LogP contribution in [0.15, 0.2) is 164 Å². The number of benzene rings is 7. The molecule has 0 N–H and O–H groups in total. The van der Waals surface area contributed by atoms with Gasteiger partial charge in [-0.1, -0.05) is 159 Å². The molecular formula is C68H72BIrN7-4. The Kier molecular flexibility index (Phi) is 17.8. The number of para-hydroxylation sites is 1. The normalized spacial score (nSPS) is 15.3. The minimum absolute atomic E-state index is 0. The van der Waals surface area contributed by atoms with Gasteiger partial charge in [0, 0.05) is 44.9 Å². The maximum Gasteiger partial charge on any atom is 0.366 e. The van der Waals surface area contributed by atoms with Crippen LogP contribution in [0.1, 0.15) is 128 Å². The Morgan fingerprint density at radius 2 is 1.21 bits per heavy atom. The van der Waals surface area contributed by atoms with E-state index in [0.29, 0.717) is 11.8 Å². The van der Waals surface area contributed by atoms with Crippen LogP contribution in [0.5, 0.6) is 0 Å². The summed E-state index contributed by atoms with van der Waals surface area (Å²) in [6.07, 6.45) is 14.3. The molecule has 1 aliphatic carbocycles. The van der Waals surface area contributed by atoms with Crippen molar-refractivity contribution in [2.45, 2.75) is 111 Å². The van der Waals surface area contributed by atoms with Crippen molar-refractivity contribution in [2.24, 2.45) is 0 Å². The molecule has 0 spiro atoms. The van der Waals surface area contributed by atoms with E-state index in [1.807, 2.05) is 59.5 Å². The molecule has 3 aliphatic rings. The van der Waals surface area contributed by atoms with Gasteiger partial charge >= 0.3 is 6.98 Å². The van der Waals surface area contributed by atoms with E-state index in [2.05, 4.69) is 198 Å². The van der Waals surface area contributed by atoms with Gasteiger partial charge in [-0.3, -0.25) is 9.36 Å². The van der Waals surface area contributed by atoms with E-state index in [0.717, 1.165) is 30.4 Å². The van der Waals surface area contributed by atoms with Crippen LogP contribution in [0.2, 0.25) is 0 Å². The summed E-state index contributed by atoms with van der Waals surface area (Å²) >= 11 is 0. The third kappa shape index (κ3) is 12.0. The van der Waals surface area contributed by atoms with Crippen LogP contribution >= 0.6 is 0 Å². The molecule has 1 radical (unpaired) electrons. The third-order valence-electron chi connectivity index (χ3n) is 15.8. The molecule has 77 heavy (non-hydrogen) atoms. The number of hydrogen-bond acceptors (Lipinski definition) is 4. The van der Waals surface area contributed by atoms with Crippen LogP contribution in [0.3, 0.4) is 0 Å². The second-order valence-electron chi connectivity index (χ2n) is 21.7. The van der Waals surface area contributed by atoms with Crippen molar-refractivity contribution in [1.82, 2.24) is 24.4 Å². The van der Waals surface area contributed by atoms with Crippen LogP contribution in [0.4, 0.5) is 5.69 Å². The van der Waals surface area contributed by atoms with Gasteiger partial charge in [0.15, 0.2) is 0 Å². The minimum atomic E-state index is 0. The van der Waals surface area contributed by atoms with Crippen LogP contribution in [-0.2, 0) is 20.1 Å². The quantitative estimate of drug-likeness (QED) is 0.107. The Morgan fingerprint density at radius 1 is 0.584 bits per heavy atom. The fourth-order valence-corrected chi connectivity index (χ4v) is 12.1. The van der Waals surface area contributed by atoms with E-state index in [9.17, 15) is 0 Å². The molecule has 1 atom stereocenters. The summed E-state index contributed by atoms with van der Waals surface area (Å²) in [5.41, 5.74) is 23.4. The molecule has 395 valence electrons. The first-order valence-corrected chi connectivity index (χ1v) is 27.6. The fourth-order valence-electron chi connectivity index (χ4n) is 12.1. The molecule has 0 bridgehead atoms. The molecule has 1 saturated carbocycles. The average Bonchev–Trinajstić information content (AvgIpc) is 4.31. The van der Waals surface area contributed by atoms with Crippen molar-refractivity contribution >= 4 is 18.1 Å². The van der Waals surface area contributed by atoms with E-state index in [-0.39, 0.29) is 33.3 Å². The standard InChI is InChI=1S/C32H38BN3.C27H27N2.C9H7N2.Ir/c1-21-10-9-11-22(2)31(21)33-35(5)29-20-26(14-15-28(29)32-34-16-17-36(32)33)30-23(3)18-27(19-24(30)4)25-12-7-6-8-13-25;1-19(2)25-10-6-11-26(20(3)4)27(25)22-14-12-21(13-15-22)23-8-5-9-24(18-23)29-17-7-16-28-29;1-2-5-9(6-3-1)11-8-4-7-10-11;/h9-11,14,18-20,25,32H,6-8,12-13,16-17H2,1-5H3;5-8,10-20H,1-4H3;1-5,7-8H;/q-2;2*-1;. The van der Waals surface area contributed by atoms with Gasteiger partial charge in [-0.05, 0) is 134 Å². The molecule has 9 aromatic rings. The Morgan fingerprint density at radius 3 is 1.82 bits per heavy atom. The van der Waals surface area contributed by atoms with Crippen molar-refractivity contribution in [3.05, 3.63) is 232 Å². The smallest absolute Gasteiger partial charge is 0.366 e. The van der Waals surface area contributed by atoms with Crippen LogP contribution in [-0.4, -0.2) is 51.5 Å². The number of hydrogen-bond donors (Lipinski definition) is 0. The predicted octanol–water partition coefficient (Wildman–Crippen LogP) is 15.9. The molecule has 2 fully saturated rings. The van der Waals surface area contributed by atoms with Crippen molar-refractivity contribution < 1.29 is 20.1 Å². The first-order valence-electron chi connectivity index (χ1n) is 27.6. The summed E-state index contributed by atoms with van der Waals surface area (Å²) in [5.74, 6) is 1.72. The Labute approximate surface area is 473 Å². The second-order valence-corrected chi connectivity index (χ2v) is 21.7. The zero-order chi connectivity index (χ0) is 52.9. The summed E-state index contributed by atoms with van der Waals surface area (Å²) in [6, 6.07) is 59.7. The molecule has 4 heterocycles. The van der Waals surface area contributed by atoms with Crippen LogP contribution in [0, 0.1) is 45.9 Å². The van der Waals surface area contributed by atoms with Gasteiger partial charge in [0.25, 0.3) is 0 Å². The number of aromatic nitrogens is 4. The second kappa shape index (κ2) is 24.8. The zero-order valence-electron chi connectivity index (χ0n) is 46.4. The maximum absolute atomic E-state index is 5.04. The largest absolute Gasteiger partial charge is 0.645 e. The van der Waals surface area contributed by atoms with Gasteiger partial charge in [-0.15, -0.1) is 41.4 Å². The van der Waals surface area contributed by atoms with E-state index in [1.54, 1.807) is 22.6 Å². The molecule has 0 amide bonds. The molecule has 2 aromatic heterocycles. The van der Waals surface area contributed by atoms with Crippen molar-refractivity contribution in [3.63, 3.8) is 0 Å². The van der Waals surface area contributed by atoms with Gasteiger partial charge in [-0.2, -0.15) is 64.8 Å². The van der Waals surface area contributed by atoms with Gasteiger partial charge in [0.2, 0.25) is 0 Å². The van der Waals surface area contributed by atoms with E-state index in [1.165, 1.54) is 116 Å². The van der Waals surface area contributed by atoms with E-state index >= 15 is 0 Å². The van der Waals surface area contributed by atoms with E-state index in [4.69, 9.17) is 5.32 Å². The van der Waals surface area contributed by atoms with Crippen LogP contribution < -0.4 is 10.3 Å². The Hall–Kier alpha value is -6.61. The van der Waals surface area contributed by atoms with Crippen molar-refractivity contribution in [3.8, 4) is 44.8 Å². The van der Waals surface area contributed by atoms with E-state index < -0.39 is 0 Å². The number of fused-ring (bicyclic) bond motifs is 3. The molecule has 12 rings (SSSR count). The molecule has 1 saturated heterocycles. The van der Waals surface area contributed by atoms with Gasteiger partial charge in [-0.25, -0.2) is 0 Å². The summed E-state index contributed by atoms with van der Waals surface area (Å²) in [6.45, 7) is 20.2. The summed E-state index contributed by atoms with van der Waals surface area (Å²) in [5, 5.41) is 13.4. The molecule has 1 unspecified atom stereocenters. The summed E-state index contributed by atoms with van der Waals surface area (Å²) in [7, 11) is 2.26.